The molecule has 2 nitrogen and oxygen atoms in total. The van der Waals surface area contributed by atoms with E-state index < -0.39 is 6.10 Å². The Hall–Kier alpha value is -0.860. The molecule has 0 amide bonds. The first-order valence-electron chi connectivity index (χ1n) is 5.16. The Kier molecular flexibility index (Phi) is 4.11. The van der Waals surface area contributed by atoms with Crippen LogP contribution in [0.3, 0.4) is 0 Å². The fourth-order valence-electron chi connectivity index (χ4n) is 1.64. The monoisotopic (exact) mass is 193 g/mol. The smallest absolute Gasteiger partial charge is 0.0732 e. The number of hydrogen-bond acceptors (Lipinski definition) is 2. The maximum Gasteiger partial charge on any atom is 0.0732 e. The van der Waals surface area contributed by atoms with E-state index in [4.69, 9.17) is 5.73 Å². The van der Waals surface area contributed by atoms with E-state index in [0.717, 1.165) is 24.0 Å². The number of nitrogens with two attached hydrogens (primary N) is 1. The first kappa shape index (κ1) is 11.2. The molecule has 2 heteroatoms. The lowest BCUT2D eigenvalue weighted by molar-refractivity contribution is 0.134. The zero-order valence-electron chi connectivity index (χ0n) is 8.90. The molecule has 14 heavy (non-hydrogen) atoms. The van der Waals surface area contributed by atoms with Gasteiger partial charge in [-0.05, 0) is 24.5 Å². The summed E-state index contributed by atoms with van der Waals surface area (Å²) in [5.41, 5.74) is 8.17. The Morgan fingerprint density at radius 1 is 1.36 bits per heavy atom. The van der Waals surface area contributed by atoms with Crippen LogP contribution >= 0.6 is 0 Å². The van der Waals surface area contributed by atoms with Crippen LogP contribution in [0.2, 0.25) is 0 Å². The highest BCUT2D eigenvalue weighted by atomic mass is 16.3. The first-order chi connectivity index (χ1) is 6.66. The fourth-order valence-corrected chi connectivity index (χ4v) is 1.64. The number of rotatable bonds is 4. The molecule has 0 aromatic heterocycles. The lowest BCUT2D eigenvalue weighted by Gasteiger charge is -2.20. The highest BCUT2D eigenvalue weighted by Gasteiger charge is 2.16. The molecule has 0 aliphatic rings. The summed E-state index contributed by atoms with van der Waals surface area (Å²) in [5, 5.41) is 9.77. The molecule has 0 aliphatic heterocycles. The lowest BCUT2D eigenvalue weighted by atomic mass is 9.96. The zero-order chi connectivity index (χ0) is 10.6. The average Bonchev–Trinajstić information content (AvgIpc) is 2.18. The van der Waals surface area contributed by atoms with Gasteiger partial charge in [0.1, 0.15) is 0 Å². The minimum atomic E-state index is -0.430. The Morgan fingerprint density at radius 2 is 2.00 bits per heavy atom. The van der Waals surface area contributed by atoms with Crippen LogP contribution < -0.4 is 5.73 Å². The van der Waals surface area contributed by atoms with Crippen molar-refractivity contribution in [2.24, 2.45) is 5.73 Å². The molecule has 2 atom stereocenters. The topological polar surface area (TPSA) is 46.2 Å². The fraction of sp³-hybridized carbons (Fsp3) is 0.500. The Labute approximate surface area is 85.8 Å². The van der Waals surface area contributed by atoms with Gasteiger partial charge in [0, 0.05) is 0 Å². The van der Waals surface area contributed by atoms with E-state index in [1.165, 1.54) is 0 Å². The van der Waals surface area contributed by atoms with Crippen LogP contribution in [0, 0.1) is 6.92 Å². The van der Waals surface area contributed by atoms with E-state index in [0.29, 0.717) is 0 Å². The van der Waals surface area contributed by atoms with E-state index >= 15 is 0 Å². The van der Waals surface area contributed by atoms with Gasteiger partial charge in [-0.25, -0.2) is 0 Å². The molecule has 0 saturated carbocycles. The lowest BCUT2D eigenvalue weighted by Crippen LogP contribution is -2.26. The van der Waals surface area contributed by atoms with E-state index in [-0.39, 0.29) is 6.04 Å². The van der Waals surface area contributed by atoms with Crippen molar-refractivity contribution in [3.63, 3.8) is 0 Å². The molecular formula is C12H19NO. The molecule has 1 aromatic rings. The van der Waals surface area contributed by atoms with Gasteiger partial charge in [0.25, 0.3) is 0 Å². The van der Waals surface area contributed by atoms with E-state index in [1.54, 1.807) is 0 Å². The van der Waals surface area contributed by atoms with Crippen LogP contribution in [-0.2, 0) is 0 Å². The van der Waals surface area contributed by atoms with Crippen molar-refractivity contribution in [2.45, 2.75) is 38.8 Å². The molecule has 0 bridgehead atoms. The molecule has 0 heterocycles. The van der Waals surface area contributed by atoms with Crippen molar-refractivity contribution < 1.29 is 5.11 Å². The Bertz CT molecular complexity index is 285. The predicted molar refractivity (Wildman–Crippen MR) is 59.0 cm³/mol. The van der Waals surface area contributed by atoms with Crippen LogP contribution in [0.25, 0.3) is 0 Å². The normalized spacial score (nSPS) is 15.1. The van der Waals surface area contributed by atoms with Gasteiger partial charge >= 0.3 is 0 Å². The summed E-state index contributed by atoms with van der Waals surface area (Å²) in [6.07, 6.45) is 1.29. The second-order valence-corrected chi connectivity index (χ2v) is 3.74. The summed E-state index contributed by atoms with van der Waals surface area (Å²) in [7, 11) is 0. The molecule has 3 N–H and O–H groups in total. The van der Waals surface area contributed by atoms with Crippen LogP contribution in [0.15, 0.2) is 24.3 Å². The van der Waals surface area contributed by atoms with Crippen molar-refractivity contribution in [2.75, 3.05) is 0 Å². The first-order valence-corrected chi connectivity index (χ1v) is 5.16. The van der Waals surface area contributed by atoms with E-state index in [2.05, 4.69) is 0 Å². The zero-order valence-corrected chi connectivity index (χ0v) is 8.90. The van der Waals surface area contributed by atoms with Crippen molar-refractivity contribution in [1.82, 2.24) is 0 Å². The summed E-state index contributed by atoms with van der Waals surface area (Å²) >= 11 is 0. The minimum absolute atomic E-state index is 0.254. The van der Waals surface area contributed by atoms with Gasteiger partial charge < -0.3 is 10.8 Å². The van der Waals surface area contributed by atoms with Crippen LogP contribution in [0.4, 0.5) is 0 Å². The second kappa shape index (κ2) is 5.13. The summed E-state index contributed by atoms with van der Waals surface area (Å²) in [4.78, 5) is 0. The highest BCUT2D eigenvalue weighted by molar-refractivity contribution is 5.29. The second-order valence-electron chi connectivity index (χ2n) is 3.74. The van der Waals surface area contributed by atoms with Gasteiger partial charge in [0.2, 0.25) is 0 Å². The molecule has 0 saturated heterocycles. The van der Waals surface area contributed by atoms with Gasteiger partial charge in [0.05, 0.1) is 12.1 Å². The van der Waals surface area contributed by atoms with Gasteiger partial charge in [0.15, 0.2) is 0 Å². The molecule has 78 valence electrons. The van der Waals surface area contributed by atoms with Crippen molar-refractivity contribution in [3.8, 4) is 0 Å². The predicted octanol–water partition coefficient (Wildman–Crippen LogP) is 2.16. The largest absolute Gasteiger partial charge is 0.391 e. The highest BCUT2D eigenvalue weighted by Crippen LogP contribution is 2.20. The van der Waals surface area contributed by atoms with Gasteiger partial charge in [-0.3, -0.25) is 0 Å². The van der Waals surface area contributed by atoms with Crippen LogP contribution in [-0.4, -0.2) is 11.2 Å². The average molecular weight is 193 g/mol. The summed E-state index contributed by atoms with van der Waals surface area (Å²) in [6, 6.07) is 7.70. The van der Waals surface area contributed by atoms with Crippen molar-refractivity contribution in [3.05, 3.63) is 35.4 Å². The summed E-state index contributed by atoms with van der Waals surface area (Å²) in [5.74, 6) is 0. The molecule has 0 unspecified atom stereocenters. The van der Waals surface area contributed by atoms with Crippen LogP contribution in [0.1, 0.15) is 36.9 Å². The number of aliphatic hydroxyl groups excluding tert-OH is 1. The number of benzene rings is 1. The Balaban J connectivity index is 2.78. The van der Waals surface area contributed by atoms with Gasteiger partial charge in [-0.1, -0.05) is 37.6 Å². The number of aryl methyl sites for hydroxylation is 1. The maximum atomic E-state index is 9.77. The molecular weight excluding hydrogens is 174 g/mol. The third kappa shape index (κ3) is 2.56. The standard InChI is InChI=1S/C12H19NO/c1-3-6-11(14)12(13)10-8-5-4-7-9(10)2/h4-5,7-8,11-12,14H,3,6,13H2,1-2H3/t11-,12+/m0/s1. The van der Waals surface area contributed by atoms with Crippen molar-refractivity contribution in [1.29, 1.82) is 0 Å². The molecule has 0 fully saturated rings. The molecule has 1 rings (SSSR count). The third-order valence-electron chi connectivity index (χ3n) is 2.55. The molecule has 1 aromatic carbocycles. The van der Waals surface area contributed by atoms with E-state index in [1.807, 2.05) is 38.1 Å². The minimum Gasteiger partial charge on any atom is -0.391 e. The third-order valence-corrected chi connectivity index (χ3v) is 2.55. The van der Waals surface area contributed by atoms with Gasteiger partial charge in [-0.2, -0.15) is 0 Å². The SMILES string of the molecule is CCC[C@H](O)[C@H](N)c1ccccc1C. The maximum absolute atomic E-state index is 9.77. The summed E-state index contributed by atoms with van der Waals surface area (Å²) in [6.45, 7) is 4.07. The van der Waals surface area contributed by atoms with Crippen molar-refractivity contribution >= 4 is 0 Å². The van der Waals surface area contributed by atoms with Gasteiger partial charge in [-0.15, -0.1) is 0 Å². The van der Waals surface area contributed by atoms with Crippen LogP contribution in [0.5, 0.6) is 0 Å². The van der Waals surface area contributed by atoms with E-state index in [9.17, 15) is 5.11 Å². The molecule has 0 radical (unpaired) electrons. The summed E-state index contributed by atoms with van der Waals surface area (Å²) < 4.78 is 0. The quantitative estimate of drug-likeness (QED) is 0.769. The molecule has 0 aliphatic carbocycles. The molecule has 0 spiro atoms. The Morgan fingerprint density at radius 3 is 2.57 bits per heavy atom. The number of aliphatic hydroxyl groups is 1. The number of hydrogen-bond donors (Lipinski definition) is 2.